The molecule has 1 aliphatic rings. The van der Waals surface area contributed by atoms with Gasteiger partial charge in [0.2, 0.25) is 0 Å². The molecule has 0 aliphatic heterocycles. The maximum absolute atomic E-state index is 13.1. The van der Waals surface area contributed by atoms with Crippen molar-refractivity contribution in [1.82, 2.24) is 0 Å². The van der Waals surface area contributed by atoms with Crippen LogP contribution in [-0.2, 0) is 6.42 Å². The van der Waals surface area contributed by atoms with Gasteiger partial charge in [-0.25, -0.2) is 8.78 Å². The molecule has 3 rings (SSSR count). The molecule has 0 saturated carbocycles. The molecule has 1 aliphatic carbocycles. The Morgan fingerprint density at radius 2 is 1.85 bits per heavy atom. The summed E-state index contributed by atoms with van der Waals surface area (Å²) >= 11 is 0. The lowest BCUT2D eigenvalue weighted by Gasteiger charge is -1.98. The average Bonchev–Trinajstić information content (AvgIpc) is 2.71. The van der Waals surface area contributed by atoms with Crippen LogP contribution in [0.4, 0.5) is 8.78 Å². The van der Waals surface area contributed by atoms with Crippen LogP contribution in [0, 0.1) is 11.6 Å². The van der Waals surface area contributed by atoms with Crippen LogP contribution in [0.15, 0.2) is 42.0 Å². The molecule has 0 atom stereocenters. The molecule has 0 bridgehead atoms. The van der Waals surface area contributed by atoms with E-state index in [1.807, 2.05) is 0 Å². The third kappa shape index (κ3) is 2.09. The van der Waals surface area contributed by atoms with Crippen LogP contribution in [-0.4, -0.2) is 10.9 Å². The standard InChI is InChI=1S/C16H10F2O2/c17-14-4-1-9(6-15(14)18)5-11-7-10-2-3-12(19)8-13(10)16(11)20/h1-6,8,19H,7H2/b11-5+. The third-order valence-electron chi connectivity index (χ3n) is 3.30. The van der Waals surface area contributed by atoms with E-state index in [4.69, 9.17) is 0 Å². The van der Waals surface area contributed by atoms with Crippen LogP contribution in [0.3, 0.4) is 0 Å². The summed E-state index contributed by atoms with van der Waals surface area (Å²) in [5.74, 6) is -2.02. The summed E-state index contributed by atoms with van der Waals surface area (Å²) in [6.07, 6.45) is 1.97. The van der Waals surface area contributed by atoms with Gasteiger partial charge in [0.05, 0.1) is 0 Å². The van der Waals surface area contributed by atoms with Crippen LogP contribution in [0.1, 0.15) is 21.5 Å². The van der Waals surface area contributed by atoms with E-state index in [1.165, 1.54) is 18.2 Å². The van der Waals surface area contributed by atoms with Crippen molar-refractivity contribution in [3.05, 3.63) is 70.3 Å². The van der Waals surface area contributed by atoms with Crippen LogP contribution in [0.25, 0.3) is 6.08 Å². The minimum Gasteiger partial charge on any atom is -0.508 e. The number of phenolic OH excluding ortho intramolecular Hbond substituents is 1. The van der Waals surface area contributed by atoms with Gasteiger partial charge in [0, 0.05) is 17.6 Å². The van der Waals surface area contributed by atoms with Crippen molar-refractivity contribution in [1.29, 1.82) is 0 Å². The van der Waals surface area contributed by atoms with Gasteiger partial charge in [-0.1, -0.05) is 12.1 Å². The zero-order valence-corrected chi connectivity index (χ0v) is 10.4. The van der Waals surface area contributed by atoms with Crippen molar-refractivity contribution in [2.45, 2.75) is 6.42 Å². The van der Waals surface area contributed by atoms with E-state index in [1.54, 1.807) is 12.1 Å². The quantitative estimate of drug-likeness (QED) is 0.807. The Morgan fingerprint density at radius 1 is 1.05 bits per heavy atom. The molecule has 2 aromatic rings. The fourth-order valence-electron chi connectivity index (χ4n) is 2.31. The Hall–Kier alpha value is -2.49. The van der Waals surface area contributed by atoms with Gasteiger partial charge in [-0.15, -0.1) is 0 Å². The van der Waals surface area contributed by atoms with Gasteiger partial charge in [0.15, 0.2) is 17.4 Å². The Morgan fingerprint density at radius 3 is 2.60 bits per heavy atom. The molecule has 0 fully saturated rings. The van der Waals surface area contributed by atoms with Crippen molar-refractivity contribution < 1.29 is 18.7 Å². The van der Waals surface area contributed by atoms with E-state index in [-0.39, 0.29) is 11.5 Å². The smallest absolute Gasteiger partial charge is 0.189 e. The SMILES string of the molecule is O=C1/C(=C/c2ccc(F)c(F)c2)Cc2ccc(O)cc21. The first-order valence-electron chi connectivity index (χ1n) is 6.07. The number of aromatic hydroxyl groups is 1. The van der Waals surface area contributed by atoms with Crippen LogP contribution < -0.4 is 0 Å². The minimum atomic E-state index is -0.944. The monoisotopic (exact) mass is 272 g/mol. The number of hydrogen-bond donors (Lipinski definition) is 1. The third-order valence-corrected chi connectivity index (χ3v) is 3.30. The highest BCUT2D eigenvalue weighted by Crippen LogP contribution is 2.30. The number of halogens is 2. The largest absolute Gasteiger partial charge is 0.508 e. The van der Waals surface area contributed by atoms with Crippen molar-refractivity contribution >= 4 is 11.9 Å². The molecule has 4 heteroatoms. The summed E-state index contributed by atoms with van der Waals surface area (Å²) in [5.41, 5.74) is 2.21. The van der Waals surface area contributed by atoms with Crippen LogP contribution in [0.2, 0.25) is 0 Å². The Labute approximate surface area is 114 Å². The highest BCUT2D eigenvalue weighted by molar-refractivity contribution is 6.15. The molecule has 0 radical (unpaired) electrons. The maximum atomic E-state index is 13.1. The number of carbonyl (C=O) groups is 1. The summed E-state index contributed by atoms with van der Waals surface area (Å²) in [5, 5.41) is 9.39. The Bertz CT molecular complexity index is 748. The molecule has 100 valence electrons. The number of carbonyl (C=O) groups excluding carboxylic acids is 1. The van der Waals surface area contributed by atoms with E-state index in [2.05, 4.69) is 0 Å². The molecule has 2 aromatic carbocycles. The first kappa shape index (κ1) is 12.5. The predicted molar refractivity (Wildman–Crippen MR) is 70.5 cm³/mol. The van der Waals surface area contributed by atoms with Gasteiger partial charge in [-0.05, 0) is 41.5 Å². The van der Waals surface area contributed by atoms with Gasteiger partial charge in [0.25, 0.3) is 0 Å². The molecule has 2 nitrogen and oxygen atoms in total. The number of fused-ring (bicyclic) bond motifs is 1. The first-order valence-corrected chi connectivity index (χ1v) is 6.07. The Balaban J connectivity index is 1.99. The van der Waals surface area contributed by atoms with E-state index in [0.717, 1.165) is 17.7 Å². The highest BCUT2D eigenvalue weighted by Gasteiger charge is 2.25. The predicted octanol–water partition coefficient (Wildman–Crippen LogP) is 3.49. The molecule has 0 heterocycles. The zero-order chi connectivity index (χ0) is 14.3. The molecule has 0 amide bonds. The van der Waals surface area contributed by atoms with Gasteiger partial charge in [-0.2, -0.15) is 0 Å². The fraction of sp³-hybridized carbons (Fsp3) is 0.0625. The van der Waals surface area contributed by atoms with Crippen LogP contribution in [0.5, 0.6) is 5.75 Å². The highest BCUT2D eigenvalue weighted by atomic mass is 19.2. The summed E-state index contributed by atoms with van der Waals surface area (Å²) in [4.78, 5) is 12.2. The van der Waals surface area contributed by atoms with Gasteiger partial charge < -0.3 is 5.11 Å². The summed E-state index contributed by atoms with van der Waals surface area (Å²) in [7, 11) is 0. The maximum Gasteiger partial charge on any atom is 0.189 e. The second-order valence-electron chi connectivity index (χ2n) is 4.69. The number of phenols is 1. The number of allylic oxidation sites excluding steroid dienone is 1. The normalized spacial score (nSPS) is 15.7. The van der Waals surface area contributed by atoms with Gasteiger partial charge >= 0.3 is 0 Å². The summed E-state index contributed by atoms with van der Waals surface area (Å²) in [6, 6.07) is 8.13. The number of rotatable bonds is 1. The lowest BCUT2D eigenvalue weighted by Crippen LogP contribution is -1.95. The number of Topliss-reactive ketones (excluding diaryl/α,β-unsaturated/α-hetero) is 1. The van der Waals surface area contributed by atoms with Gasteiger partial charge in [-0.3, -0.25) is 4.79 Å². The van der Waals surface area contributed by atoms with Crippen molar-refractivity contribution in [3.8, 4) is 5.75 Å². The van der Waals surface area contributed by atoms with E-state index in [0.29, 0.717) is 23.1 Å². The van der Waals surface area contributed by atoms with E-state index >= 15 is 0 Å². The summed E-state index contributed by atoms with van der Waals surface area (Å²) < 4.78 is 26.0. The Kier molecular flexibility index (Phi) is 2.86. The first-order chi connectivity index (χ1) is 9.54. The zero-order valence-electron chi connectivity index (χ0n) is 10.4. The number of ketones is 1. The molecule has 0 spiro atoms. The molecule has 0 aromatic heterocycles. The molecule has 0 saturated heterocycles. The van der Waals surface area contributed by atoms with E-state index < -0.39 is 11.6 Å². The van der Waals surface area contributed by atoms with Gasteiger partial charge in [0.1, 0.15) is 5.75 Å². The molecular weight excluding hydrogens is 262 g/mol. The fourth-order valence-corrected chi connectivity index (χ4v) is 2.31. The molecule has 20 heavy (non-hydrogen) atoms. The number of benzene rings is 2. The van der Waals surface area contributed by atoms with Crippen molar-refractivity contribution in [2.24, 2.45) is 0 Å². The molecule has 0 unspecified atom stereocenters. The lowest BCUT2D eigenvalue weighted by atomic mass is 10.1. The van der Waals surface area contributed by atoms with Crippen molar-refractivity contribution in [3.63, 3.8) is 0 Å². The van der Waals surface area contributed by atoms with Crippen molar-refractivity contribution in [2.75, 3.05) is 0 Å². The van der Waals surface area contributed by atoms with Crippen LogP contribution >= 0.6 is 0 Å². The topological polar surface area (TPSA) is 37.3 Å². The molecular formula is C16H10F2O2. The number of hydrogen-bond acceptors (Lipinski definition) is 2. The molecule has 1 N–H and O–H groups in total. The summed E-state index contributed by atoms with van der Waals surface area (Å²) in [6.45, 7) is 0. The average molecular weight is 272 g/mol. The lowest BCUT2D eigenvalue weighted by molar-refractivity contribution is 0.104. The van der Waals surface area contributed by atoms with E-state index in [9.17, 15) is 18.7 Å². The second kappa shape index (κ2) is 4.56. The minimum absolute atomic E-state index is 0.0335. The second-order valence-corrected chi connectivity index (χ2v) is 4.69.